The van der Waals surface area contributed by atoms with Crippen LogP contribution in [0.5, 0.6) is 23.0 Å². The van der Waals surface area contributed by atoms with Crippen molar-refractivity contribution in [3.63, 3.8) is 0 Å². The number of hydrazone groups is 1. The Bertz CT molecular complexity index is 1480. The molecule has 0 unspecified atom stereocenters. The number of nitrogens with one attached hydrogen (secondary N) is 1. The summed E-state index contributed by atoms with van der Waals surface area (Å²) in [6, 6.07) is 25.9. The van der Waals surface area contributed by atoms with Crippen LogP contribution in [0.1, 0.15) is 34.0 Å². The number of hydrogen-bond donors (Lipinski definition) is 1. The fourth-order valence-electron chi connectivity index (χ4n) is 3.72. The standard InChI is InChI=1S/C31H28BrClN2O5/c1-3-38-29-16-22(15-25(32)30(29)40-20-24-11-7-8-12-26(24)33)18-34-35-31(36)23-13-14-27(28(17-23)37-2)39-19-21-9-5-4-6-10-21/h4-18H,3,19-20H2,1-2H3,(H,35,36)/b34-18+. The number of nitrogens with zero attached hydrogens (tertiary/aromatic N) is 1. The van der Waals surface area contributed by atoms with E-state index < -0.39 is 5.91 Å². The lowest BCUT2D eigenvalue weighted by Gasteiger charge is -2.15. The van der Waals surface area contributed by atoms with Crippen molar-refractivity contribution >= 4 is 39.7 Å². The summed E-state index contributed by atoms with van der Waals surface area (Å²) in [6.45, 7) is 3.00. The first kappa shape index (κ1) is 29.0. The molecule has 7 nitrogen and oxygen atoms in total. The lowest BCUT2D eigenvalue weighted by molar-refractivity contribution is 0.0954. The molecule has 9 heteroatoms. The van der Waals surface area contributed by atoms with Gasteiger partial charge in [-0.2, -0.15) is 5.10 Å². The molecule has 0 atom stereocenters. The molecule has 0 aliphatic heterocycles. The number of methoxy groups -OCH3 is 1. The summed E-state index contributed by atoms with van der Waals surface area (Å²) in [5.41, 5.74) is 5.51. The Kier molecular flexibility index (Phi) is 10.4. The Morgan fingerprint density at radius 1 is 0.900 bits per heavy atom. The van der Waals surface area contributed by atoms with Gasteiger partial charge in [-0.05, 0) is 70.4 Å². The molecule has 0 aliphatic rings. The number of carbonyl (C=O) groups excluding carboxylic acids is 1. The second-order valence-electron chi connectivity index (χ2n) is 8.48. The van der Waals surface area contributed by atoms with E-state index >= 15 is 0 Å². The maximum atomic E-state index is 12.7. The number of amides is 1. The minimum Gasteiger partial charge on any atom is -0.493 e. The van der Waals surface area contributed by atoms with Crippen molar-refractivity contribution in [1.29, 1.82) is 0 Å². The second-order valence-corrected chi connectivity index (χ2v) is 9.74. The molecular weight excluding hydrogens is 596 g/mol. The summed E-state index contributed by atoms with van der Waals surface area (Å²) in [7, 11) is 1.53. The quantitative estimate of drug-likeness (QED) is 0.131. The third kappa shape index (κ3) is 7.77. The third-order valence-electron chi connectivity index (χ3n) is 5.70. The van der Waals surface area contributed by atoms with Crippen molar-refractivity contribution in [2.75, 3.05) is 13.7 Å². The SMILES string of the molecule is CCOc1cc(/C=N/NC(=O)c2ccc(OCc3ccccc3)c(OC)c2)cc(Br)c1OCc1ccccc1Cl. The van der Waals surface area contributed by atoms with Crippen LogP contribution in [-0.4, -0.2) is 25.8 Å². The first-order valence-corrected chi connectivity index (χ1v) is 13.7. The number of rotatable bonds is 12. The average molecular weight is 624 g/mol. The van der Waals surface area contributed by atoms with Crippen LogP contribution in [0.3, 0.4) is 0 Å². The Morgan fingerprint density at radius 3 is 2.42 bits per heavy atom. The summed E-state index contributed by atoms with van der Waals surface area (Å²) in [5, 5.41) is 4.75. The highest BCUT2D eigenvalue weighted by Crippen LogP contribution is 2.37. The van der Waals surface area contributed by atoms with Crippen LogP contribution in [0, 0.1) is 0 Å². The zero-order valence-corrected chi connectivity index (χ0v) is 24.4. The van der Waals surface area contributed by atoms with Crippen LogP contribution < -0.4 is 24.4 Å². The van der Waals surface area contributed by atoms with E-state index in [0.717, 1.165) is 11.1 Å². The third-order valence-corrected chi connectivity index (χ3v) is 6.66. The van der Waals surface area contributed by atoms with E-state index in [4.69, 9.17) is 30.5 Å². The molecule has 0 aromatic heterocycles. The van der Waals surface area contributed by atoms with E-state index in [0.29, 0.717) is 56.8 Å². The molecule has 4 rings (SSSR count). The van der Waals surface area contributed by atoms with Gasteiger partial charge >= 0.3 is 0 Å². The predicted molar refractivity (Wildman–Crippen MR) is 160 cm³/mol. The highest BCUT2D eigenvalue weighted by molar-refractivity contribution is 9.10. The van der Waals surface area contributed by atoms with E-state index in [2.05, 4.69) is 26.5 Å². The number of halogens is 2. The summed E-state index contributed by atoms with van der Waals surface area (Å²) >= 11 is 9.81. The Morgan fingerprint density at radius 2 is 1.68 bits per heavy atom. The fourth-order valence-corrected chi connectivity index (χ4v) is 4.49. The molecule has 0 saturated heterocycles. The van der Waals surface area contributed by atoms with Crippen molar-refractivity contribution in [2.24, 2.45) is 5.10 Å². The number of benzene rings is 4. The van der Waals surface area contributed by atoms with Crippen LogP contribution in [-0.2, 0) is 13.2 Å². The van der Waals surface area contributed by atoms with Crippen LogP contribution >= 0.6 is 27.5 Å². The molecule has 0 fully saturated rings. The molecule has 0 spiro atoms. The molecule has 1 N–H and O–H groups in total. The van der Waals surface area contributed by atoms with Gasteiger partial charge in [-0.25, -0.2) is 5.43 Å². The van der Waals surface area contributed by atoms with Crippen molar-refractivity contribution in [3.8, 4) is 23.0 Å². The van der Waals surface area contributed by atoms with Crippen LogP contribution in [0.4, 0.5) is 0 Å². The van der Waals surface area contributed by atoms with E-state index in [1.54, 1.807) is 24.3 Å². The maximum absolute atomic E-state index is 12.7. The van der Waals surface area contributed by atoms with E-state index in [1.165, 1.54) is 13.3 Å². The molecule has 4 aromatic rings. The summed E-state index contributed by atoms with van der Waals surface area (Å²) < 4.78 is 23.8. The molecule has 0 bridgehead atoms. The Hall–Kier alpha value is -4.01. The number of carbonyl (C=O) groups is 1. The fraction of sp³-hybridized carbons (Fsp3) is 0.161. The van der Waals surface area contributed by atoms with E-state index in [1.807, 2.05) is 67.6 Å². The monoisotopic (exact) mass is 622 g/mol. The van der Waals surface area contributed by atoms with Gasteiger partial charge in [0.15, 0.2) is 23.0 Å². The highest BCUT2D eigenvalue weighted by atomic mass is 79.9. The molecule has 0 heterocycles. The van der Waals surface area contributed by atoms with Crippen LogP contribution in [0.25, 0.3) is 0 Å². The van der Waals surface area contributed by atoms with E-state index in [-0.39, 0.29) is 6.61 Å². The van der Waals surface area contributed by atoms with Gasteiger partial charge in [-0.3, -0.25) is 4.79 Å². The second kappa shape index (κ2) is 14.4. The lowest BCUT2D eigenvalue weighted by Crippen LogP contribution is -2.17. The van der Waals surface area contributed by atoms with Crippen molar-refractivity contribution < 1.29 is 23.7 Å². The van der Waals surface area contributed by atoms with Gasteiger partial charge in [0.1, 0.15) is 13.2 Å². The number of ether oxygens (including phenoxy) is 4. The molecular formula is C31H28BrClN2O5. The average Bonchev–Trinajstić information content (AvgIpc) is 2.97. The molecule has 0 saturated carbocycles. The van der Waals surface area contributed by atoms with Crippen LogP contribution in [0.2, 0.25) is 5.02 Å². The van der Waals surface area contributed by atoms with E-state index in [9.17, 15) is 4.79 Å². The van der Waals surface area contributed by atoms with Gasteiger partial charge in [0.05, 0.1) is 24.4 Å². The van der Waals surface area contributed by atoms with Crippen molar-refractivity contribution in [3.05, 3.63) is 117 Å². The van der Waals surface area contributed by atoms with Gasteiger partial charge in [0.2, 0.25) is 0 Å². The Labute approximate surface area is 246 Å². The topological polar surface area (TPSA) is 78.4 Å². The van der Waals surface area contributed by atoms with Gasteiger partial charge in [-0.15, -0.1) is 0 Å². The summed E-state index contributed by atoms with van der Waals surface area (Å²) in [6.07, 6.45) is 1.53. The molecule has 0 radical (unpaired) electrons. The van der Waals surface area contributed by atoms with Gasteiger partial charge < -0.3 is 18.9 Å². The zero-order chi connectivity index (χ0) is 28.3. The summed E-state index contributed by atoms with van der Waals surface area (Å²) in [5.74, 6) is 1.67. The molecule has 4 aromatic carbocycles. The minimum atomic E-state index is -0.395. The maximum Gasteiger partial charge on any atom is 0.271 e. The summed E-state index contributed by atoms with van der Waals surface area (Å²) in [4.78, 5) is 12.7. The zero-order valence-electron chi connectivity index (χ0n) is 22.0. The lowest BCUT2D eigenvalue weighted by atomic mass is 10.2. The molecule has 1 amide bonds. The van der Waals surface area contributed by atoms with Crippen LogP contribution in [0.15, 0.2) is 94.5 Å². The molecule has 0 aliphatic carbocycles. The molecule has 40 heavy (non-hydrogen) atoms. The molecule has 206 valence electrons. The van der Waals surface area contributed by atoms with Crippen molar-refractivity contribution in [1.82, 2.24) is 5.43 Å². The largest absolute Gasteiger partial charge is 0.493 e. The van der Waals surface area contributed by atoms with Gasteiger partial charge in [0, 0.05) is 16.1 Å². The van der Waals surface area contributed by atoms with Gasteiger partial charge in [-0.1, -0.05) is 60.1 Å². The van der Waals surface area contributed by atoms with Crippen molar-refractivity contribution in [2.45, 2.75) is 20.1 Å². The highest BCUT2D eigenvalue weighted by Gasteiger charge is 2.14. The van der Waals surface area contributed by atoms with Gasteiger partial charge in [0.25, 0.3) is 5.91 Å². The number of hydrogen-bond acceptors (Lipinski definition) is 6. The first-order valence-electron chi connectivity index (χ1n) is 12.5. The first-order chi connectivity index (χ1) is 19.5. The smallest absolute Gasteiger partial charge is 0.271 e. The minimum absolute atomic E-state index is 0.279. The normalized spacial score (nSPS) is 10.8. The Balaban J connectivity index is 1.41. The predicted octanol–water partition coefficient (Wildman–Crippen LogP) is 7.43.